The highest BCUT2D eigenvalue weighted by Gasteiger charge is 2.11. The van der Waals surface area contributed by atoms with Gasteiger partial charge in [0.05, 0.1) is 12.8 Å². The van der Waals surface area contributed by atoms with Crippen molar-refractivity contribution in [3.05, 3.63) is 23.7 Å². The molecule has 1 heterocycles. The molecule has 1 amide bonds. The maximum absolute atomic E-state index is 11.8. The van der Waals surface area contributed by atoms with Gasteiger partial charge in [0.15, 0.2) is 6.29 Å². The van der Waals surface area contributed by atoms with E-state index >= 15 is 0 Å². The molecule has 0 saturated carbocycles. The van der Waals surface area contributed by atoms with Crippen LogP contribution in [0.15, 0.2) is 18.9 Å². The van der Waals surface area contributed by atoms with E-state index in [0.29, 0.717) is 16.6 Å². The largest absolute Gasteiger partial charge is 0.470 e. The Bertz CT molecular complexity index is 420. The number of amides is 1. The molecule has 0 aromatic carbocycles. The number of carbonyl (C=O) groups is 1. The van der Waals surface area contributed by atoms with Crippen LogP contribution in [0.3, 0.4) is 0 Å². The van der Waals surface area contributed by atoms with E-state index in [2.05, 4.69) is 16.9 Å². The number of nitrogens with zero attached hydrogens (tertiary/aromatic N) is 1. The molecule has 0 radical (unpaired) electrons. The van der Waals surface area contributed by atoms with Crippen molar-refractivity contribution in [2.24, 2.45) is 0 Å². The fourth-order valence-corrected chi connectivity index (χ4v) is 2.09. The fourth-order valence-electron chi connectivity index (χ4n) is 1.38. The Hall–Kier alpha value is -1.44. The third-order valence-electron chi connectivity index (χ3n) is 2.43. The molecule has 0 unspecified atom stereocenters. The van der Waals surface area contributed by atoms with Crippen LogP contribution in [0.25, 0.3) is 0 Å². The number of unbranched alkanes of at least 4 members (excludes halogenated alkanes) is 2. The van der Waals surface area contributed by atoms with Gasteiger partial charge in [-0.2, -0.15) is 0 Å². The monoisotopic (exact) mass is 300 g/mol. The van der Waals surface area contributed by atoms with Gasteiger partial charge < -0.3 is 20.3 Å². The van der Waals surface area contributed by atoms with Crippen molar-refractivity contribution in [3.8, 4) is 5.19 Å². The average Bonchev–Trinajstić information content (AvgIpc) is 2.87. The summed E-state index contributed by atoms with van der Waals surface area (Å²) in [7, 11) is 0. The van der Waals surface area contributed by atoms with Gasteiger partial charge in [-0.05, 0) is 19.3 Å². The predicted octanol–water partition coefficient (Wildman–Crippen LogP) is 1.31. The zero-order valence-corrected chi connectivity index (χ0v) is 12.1. The summed E-state index contributed by atoms with van der Waals surface area (Å²) in [5.74, 6) is -0.168. The number of carbonyl (C=O) groups excluding carboxylic acids is 1. The first-order chi connectivity index (χ1) is 9.63. The first kappa shape index (κ1) is 16.6. The summed E-state index contributed by atoms with van der Waals surface area (Å²) in [6.45, 7) is 4.41. The van der Waals surface area contributed by atoms with Crippen LogP contribution in [-0.4, -0.2) is 40.5 Å². The van der Waals surface area contributed by atoms with Gasteiger partial charge in [0.25, 0.3) is 11.1 Å². The number of hydrogen-bond acceptors (Lipinski definition) is 6. The molecule has 0 aliphatic rings. The van der Waals surface area contributed by atoms with Crippen LogP contribution < -0.4 is 10.1 Å². The number of aromatic nitrogens is 1. The third kappa shape index (κ3) is 6.65. The zero-order chi connectivity index (χ0) is 14.8. The van der Waals surface area contributed by atoms with E-state index in [0.717, 1.165) is 30.6 Å². The molecule has 1 aromatic heterocycles. The van der Waals surface area contributed by atoms with E-state index < -0.39 is 6.29 Å². The molecule has 0 bridgehead atoms. The lowest BCUT2D eigenvalue weighted by Gasteiger charge is -2.03. The van der Waals surface area contributed by atoms with Crippen LogP contribution in [0.5, 0.6) is 5.19 Å². The van der Waals surface area contributed by atoms with E-state index in [-0.39, 0.29) is 18.9 Å². The molecular weight excluding hydrogens is 280 g/mol. The Kier molecular flexibility index (Phi) is 7.86. The minimum absolute atomic E-state index is 0.102. The molecule has 112 valence electrons. The molecule has 3 N–H and O–H groups in total. The van der Waals surface area contributed by atoms with E-state index in [1.54, 1.807) is 0 Å². The molecular formula is C13H20N2O4S. The Balaban J connectivity index is 2.27. The van der Waals surface area contributed by atoms with Gasteiger partial charge in [-0.25, -0.2) is 4.98 Å². The Morgan fingerprint density at radius 1 is 1.55 bits per heavy atom. The SMILES string of the molecule is C=CCCCCNC(=O)c1cnc(OCCC(O)O)s1. The molecule has 1 aromatic rings. The molecule has 6 nitrogen and oxygen atoms in total. The van der Waals surface area contributed by atoms with Crippen molar-refractivity contribution in [3.63, 3.8) is 0 Å². The molecule has 0 aliphatic heterocycles. The molecule has 20 heavy (non-hydrogen) atoms. The van der Waals surface area contributed by atoms with Gasteiger partial charge in [-0.1, -0.05) is 17.4 Å². The van der Waals surface area contributed by atoms with E-state index in [9.17, 15) is 4.79 Å². The van der Waals surface area contributed by atoms with Crippen molar-refractivity contribution in [2.75, 3.05) is 13.2 Å². The summed E-state index contributed by atoms with van der Waals surface area (Å²) in [5.41, 5.74) is 0. The minimum Gasteiger partial charge on any atom is -0.470 e. The smallest absolute Gasteiger partial charge is 0.273 e. The summed E-state index contributed by atoms with van der Waals surface area (Å²) in [6.07, 6.45) is 4.88. The van der Waals surface area contributed by atoms with Gasteiger partial charge >= 0.3 is 0 Å². The minimum atomic E-state index is -1.40. The maximum Gasteiger partial charge on any atom is 0.273 e. The lowest BCUT2D eigenvalue weighted by atomic mass is 10.2. The van der Waals surface area contributed by atoms with Crippen molar-refractivity contribution < 1.29 is 19.7 Å². The Morgan fingerprint density at radius 2 is 2.35 bits per heavy atom. The van der Waals surface area contributed by atoms with Crippen molar-refractivity contribution >= 4 is 17.2 Å². The van der Waals surface area contributed by atoms with Gasteiger partial charge in [0.1, 0.15) is 4.88 Å². The van der Waals surface area contributed by atoms with Crippen LogP contribution >= 0.6 is 11.3 Å². The van der Waals surface area contributed by atoms with Crippen molar-refractivity contribution in [1.82, 2.24) is 10.3 Å². The number of hydrogen-bond donors (Lipinski definition) is 3. The molecule has 0 saturated heterocycles. The zero-order valence-electron chi connectivity index (χ0n) is 11.2. The highest BCUT2D eigenvalue weighted by molar-refractivity contribution is 7.15. The average molecular weight is 300 g/mol. The van der Waals surface area contributed by atoms with Crippen LogP contribution in [0.1, 0.15) is 35.4 Å². The van der Waals surface area contributed by atoms with Crippen LogP contribution in [0.2, 0.25) is 0 Å². The number of allylic oxidation sites excluding steroid dienone is 1. The standard InChI is InChI=1S/C13H20N2O4S/c1-2-3-4-5-7-14-12(18)10-9-15-13(20-10)19-8-6-11(16)17/h2,9,11,16-17H,1,3-8H2,(H,14,18). The highest BCUT2D eigenvalue weighted by Crippen LogP contribution is 2.20. The lowest BCUT2D eigenvalue weighted by Crippen LogP contribution is -2.23. The number of aliphatic hydroxyl groups excluding tert-OH is 1. The number of ether oxygens (including phenoxy) is 1. The van der Waals surface area contributed by atoms with Gasteiger partial charge in [-0.15, -0.1) is 6.58 Å². The van der Waals surface area contributed by atoms with E-state index in [1.807, 2.05) is 6.08 Å². The van der Waals surface area contributed by atoms with Crippen molar-refractivity contribution in [2.45, 2.75) is 32.0 Å². The van der Waals surface area contributed by atoms with Crippen LogP contribution in [-0.2, 0) is 0 Å². The first-order valence-electron chi connectivity index (χ1n) is 6.47. The number of thiazole rings is 1. The first-order valence-corrected chi connectivity index (χ1v) is 7.29. The topological polar surface area (TPSA) is 91.7 Å². The van der Waals surface area contributed by atoms with Gasteiger partial charge in [0.2, 0.25) is 0 Å². The second kappa shape index (κ2) is 9.46. The molecule has 0 spiro atoms. The van der Waals surface area contributed by atoms with Gasteiger partial charge in [0, 0.05) is 13.0 Å². The lowest BCUT2D eigenvalue weighted by molar-refractivity contribution is -0.0519. The quantitative estimate of drug-likeness (QED) is 0.344. The number of rotatable bonds is 10. The van der Waals surface area contributed by atoms with Gasteiger partial charge in [-0.3, -0.25) is 4.79 Å². The summed E-state index contributed by atoms with van der Waals surface area (Å²) in [4.78, 5) is 16.2. The molecule has 7 heteroatoms. The second-order valence-electron chi connectivity index (χ2n) is 4.15. The normalized spacial score (nSPS) is 10.6. The summed E-state index contributed by atoms with van der Waals surface area (Å²) >= 11 is 1.14. The summed E-state index contributed by atoms with van der Waals surface area (Å²) in [6, 6.07) is 0. The number of aliphatic hydroxyl groups is 2. The van der Waals surface area contributed by atoms with Crippen molar-refractivity contribution in [1.29, 1.82) is 0 Å². The number of nitrogens with one attached hydrogen (secondary N) is 1. The summed E-state index contributed by atoms with van der Waals surface area (Å²) < 4.78 is 5.20. The molecule has 0 aliphatic carbocycles. The Morgan fingerprint density at radius 3 is 3.05 bits per heavy atom. The second-order valence-corrected chi connectivity index (χ2v) is 5.14. The molecule has 0 fully saturated rings. The van der Waals surface area contributed by atoms with E-state index in [4.69, 9.17) is 14.9 Å². The van der Waals surface area contributed by atoms with E-state index in [1.165, 1.54) is 6.20 Å². The Labute approximate surface area is 122 Å². The van der Waals surface area contributed by atoms with Crippen LogP contribution in [0, 0.1) is 0 Å². The highest BCUT2D eigenvalue weighted by atomic mass is 32.1. The maximum atomic E-state index is 11.8. The third-order valence-corrected chi connectivity index (χ3v) is 3.34. The van der Waals surface area contributed by atoms with Crippen LogP contribution in [0.4, 0.5) is 0 Å². The predicted molar refractivity (Wildman–Crippen MR) is 76.8 cm³/mol. The fraction of sp³-hybridized carbons (Fsp3) is 0.538. The molecule has 0 atom stereocenters. The molecule has 1 rings (SSSR count). The summed E-state index contributed by atoms with van der Waals surface area (Å²) in [5, 5.41) is 20.5.